The van der Waals surface area contributed by atoms with Gasteiger partial charge in [-0.3, -0.25) is 0 Å². The van der Waals surface area contributed by atoms with Gasteiger partial charge in [0.15, 0.2) is 0 Å². The van der Waals surface area contributed by atoms with Crippen LogP contribution in [0.2, 0.25) is 0 Å². The Labute approximate surface area is 101 Å². The molecule has 0 amide bonds. The standard InChI is InChI=1S/C8H15NO2.C3H6O3/c1-7(2)8(10)11-6-5-9(3)4;1-2(4)3(5)6/h1,5-6H2,2-4H3;2,4H,1H3,(H,5,6). The van der Waals surface area contributed by atoms with Gasteiger partial charge in [0, 0.05) is 12.1 Å². The molecule has 0 aromatic heterocycles. The van der Waals surface area contributed by atoms with E-state index in [1.807, 2.05) is 19.0 Å². The average molecular weight is 247 g/mol. The molecule has 0 bridgehead atoms. The molecule has 0 spiro atoms. The number of rotatable bonds is 5. The van der Waals surface area contributed by atoms with E-state index in [2.05, 4.69) is 6.58 Å². The molecule has 0 aromatic carbocycles. The minimum Gasteiger partial charge on any atom is -0.479 e. The predicted octanol–water partition coefficient (Wildman–Crippen LogP) is 0.119. The number of likely N-dealkylation sites (N-methyl/N-ethyl adjacent to an activating group) is 1. The van der Waals surface area contributed by atoms with Gasteiger partial charge in [-0.25, -0.2) is 9.59 Å². The van der Waals surface area contributed by atoms with Crippen LogP contribution in [-0.2, 0) is 14.3 Å². The highest BCUT2D eigenvalue weighted by molar-refractivity contribution is 5.86. The van der Waals surface area contributed by atoms with Gasteiger partial charge in [0.25, 0.3) is 0 Å². The first-order chi connectivity index (χ1) is 7.68. The van der Waals surface area contributed by atoms with Crippen molar-refractivity contribution in [3.63, 3.8) is 0 Å². The Morgan fingerprint density at radius 1 is 1.41 bits per heavy atom. The molecule has 100 valence electrons. The molecule has 0 fully saturated rings. The maximum atomic E-state index is 10.8. The first-order valence-corrected chi connectivity index (χ1v) is 5.06. The smallest absolute Gasteiger partial charge is 0.333 e. The largest absolute Gasteiger partial charge is 0.479 e. The lowest BCUT2D eigenvalue weighted by Gasteiger charge is -2.09. The van der Waals surface area contributed by atoms with Crippen LogP contribution in [0.3, 0.4) is 0 Å². The molecule has 0 radical (unpaired) electrons. The van der Waals surface area contributed by atoms with Crippen molar-refractivity contribution in [2.75, 3.05) is 27.2 Å². The minimum atomic E-state index is -1.23. The summed E-state index contributed by atoms with van der Waals surface area (Å²) in [5.41, 5.74) is 0.448. The fourth-order valence-electron chi connectivity index (χ4n) is 0.444. The Kier molecular flexibility index (Phi) is 10.4. The van der Waals surface area contributed by atoms with E-state index in [-0.39, 0.29) is 5.97 Å². The van der Waals surface area contributed by atoms with E-state index in [1.165, 1.54) is 6.92 Å². The number of aliphatic hydroxyl groups excluding tert-OH is 1. The normalized spacial score (nSPS) is 11.2. The first kappa shape index (κ1) is 18.0. The molecule has 17 heavy (non-hydrogen) atoms. The summed E-state index contributed by atoms with van der Waals surface area (Å²) in [6.07, 6.45) is -1.23. The molecule has 0 saturated heterocycles. The van der Waals surface area contributed by atoms with Crippen molar-refractivity contribution >= 4 is 11.9 Å². The molecule has 0 rings (SSSR count). The molecular weight excluding hydrogens is 226 g/mol. The molecule has 0 saturated carbocycles. The molecule has 0 aliphatic carbocycles. The van der Waals surface area contributed by atoms with Gasteiger partial charge < -0.3 is 19.8 Å². The Morgan fingerprint density at radius 2 is 1.82 bits per heavy atom. The van der Waals surface area contributed by atoms with Crippen LogP contribution < -0.4 is 0 Å². The zero-order valence-electron chi connectivity index (χ0n) is 10.8. The van der Waals surface area contributed by atoms with Crippen molar-refractivity contribution in [3.05, 3.63) is 12.2 Å². The van der Waals surface area contributed by atoms with E-state index >= 15 is 0 Å². The predicted molar refractivity (Wildman–Crippen MR) is 63.6 cm³/mol. The molecule has 0 aliphatic rings. The number of hydrogen-bond acceptors (Lipinski definition) is 5. The molecule has 1 unspecified atom stereocenters. The molecule has 2 N–H and O–H groups in total. The van der Waals surface area contributed by atoms with Gasteiger partial charge in [0.05, 0.1) is 0 Å². The Bertz CT molecular complexity index is 261. The van der Waals surface area contributed by atoms with Gasteiger partial charge in [-0.2, -0.15) is 0 Å². The van der Waals surface area contributed by atoms with E-state index in [1.54, 1.807) is 6.92 Å². The number of carboxylic acid groups (broad SMARTS) is 1. The van der Waals surface area contributed by atoms with Crippen LogP contribution in [0.15, 0.2) is 12.2 Å². The van der Waals surface area contributed by atoms with Crippen molar-refractivity contribution in [2.45, 2.75) is 20.0 Å². The lowest BCUT2D eigenvalue weighted by atomic mass is 10.4. The number of aliphatic carboxylic acids is 1. The zero-order chi connectivity index (χ0) is 14.0. The summed E-state index contributed by atoms with van der Waals surface area (Å²) >= 11 is 0. The van der Waals surface area contributed by atoms with Crippen molar-refractivity contribution in [1.29, 1.82) is 0 Å². The van der Waals surface area contributed by atoms with Crippen molar-refractivity contribution < 1.29 is 24.5 Å². The Hall–Kier alpha value is -1.40. The number of hydrogen-bond donors (Lipinski definition) is 2. The molecule has 1 atom stereocenters. The summed E-state index contributed by atoms with van der Waals surface area (Å²) in [6.45, 7) is 7.48. The van der Waals surface area contributed by atoms with E-state index in [9.17, 15) is 9.59 Å². The van der Waals surface area contributed by atoms with Crippen LogP contribution in [0.1, 0.15) is 13.8 Å². The van der Waals surface area contributed by atoms with Gasteiger partial charge in [0.2, 0.25) is 0 Å². The third-order valence-electron chi connectivity index (χ3n) is 1.48. The number of ether oxygens (including phenoxy) is 1. The topological polar surface area (TPSA) is 87.1 Å². The second kappa shape index (κ2) is 9.80. The fraction of sp³-hybridized carbons (Fsp3) is 0.636. The van der Waals surface area contributed by atoms with Crippen LogP contribution in [0.5, 0.6) is 0 Å². The van der Waals surface area contributed by atoms with E-state index in [0.29, 0.717) is 12.2 Å². The lowest BCUT2D eigenvalue weighted by Crippen LogP contribution is -2.20. The third kappa shape index (κ3) is 14.6. The zero-order valence-corrected chi connectivity index (χ0v) is 10.8. The van der Waals surface area contributed by atoms with Gasteiger partial charge in [-0.1, -0.05) is 6.58 Å². The summed E-state index contributed by atoms with van der Waals surface area (Å²) in [6, 6.07) is 0. The van der Waals surface area contributed by atoms with Crippen molar-refractivity contribution in [3.8, 4) is 0 Å². The third-order valence-corrected chi connectivity index (χ3v) is 1.48. The average Bonchev–Trinajstić information content (AvgIpc) is 2.17. The molecule has 6 heteroatoms. The van der Waals surface area contributed by atoms with Gasteiger partial charge in [-0.15, -0.1) is 0 Å². The maximum absolute atomic E-state index is 10.8. The Balaban J connectivity index is 0. The molecular formula is C11H21NO5. The monoisotopic (exact) mass is 247 g/mol. The Morgan fingerprint density at radius 3 is 2.06 bits per heavy atom. The summed E-state index contributed by atoms with van der Waals surface area (Å²) in [5.74, 6) is -1.50. The summed E-state index contributed by atoms with van der Waals surface area (Å²) < 4.78 is 4.83. The number of nitrogens with zero attached hydrogens (tertiary/aromatic N) is 1. The SMILES string of the molecule is C=C(C)C(=O)OCCN(C)C.CC(O)C(=O)O. The number of carboxylic acids is 1. The minimum absolute atomic E-state index is 0.313. The quantitative estimate of drug-likeness (QED) is 0.530. The highest BCUT2D eigenvalue weighted by Gasteiger charge is 2.02. The summed E-state index contributed by atoms with van der Waals surface area (Å²) in [4.78, 5) is 22.2. The number of aliphatic hydroxyl groups is 1. The summed E-state index contributed by atoms with van der Waals surface area (Å²) in [7, 11) is 3.85. The first-order valence-electron chi connectivity index (χ1n) is 5.06. The van der Waals surface area contributed by atoms with Crippen LogP contribution in [-0.4, -0.2) is 60.4 Å². The van der Waals surface area contributed by atoms with Crippen molar-refractivity contribution in [2.24, 2.45) is 0 Å². The van der Waals surface area contributed by atoms with Gasteiger partial charge >= 0.3 is 11.9 Å². The fourth-order valence-corrected chi connectivity index (χ4v) is 0.444. The molecule has 0 heterocycles. The highest BCUT2D eigenvalue weighted by atomic mass is 16.5. The molecule has 0 aromatic rings. The highest BCUT2D eigenvalue weighted by Crippen LogP contribution is 1.91. The number of esters is 1. The van der Waals surface area contributed by atoms with Crippen LogP contribution in [0, 0.1) is 0 Å². The molecule has 6 nitrogen and oxygen atoms in total. The second-order valence-corrected chi connectivity index (χ2v) is 3.73. The van der Waals surface area contributed by atoms with Gasteiger partial charge in [-0.05, 0) is 27.9 Å². The van der Waals surface area contributed by atoms with Crippen LogP contribution >= 0.6 is 0 Å². The van der Waals surface area contributed by atoms with Gasteiger partial charge in [0.1, 0.15) is 12.7 Å². The van der Waals surface area contributed by atoms with E-state index in [0.717, 1.165) is 6.54 Å². The number of carbonyl (C=O) groups is 2. The molecule has 0 aliphatic heterocycles. The second-order valence-electron chi connectivity index (χ2n) is 3.73. The van der Waals surface area contributed by atoms with Crippen LogP contribution in [0.25, 0.3) is 0 Å². The summed E-state index contributed by atoms with van der Waals surface area (Å²) in [5, 5.41) is 15.8. The van der Waals surface area contributed by atoms with Crippen molar-refractivity contribution in [1.82, 2.24) is 4.90 Å². The lowest BCUT2D eigenvalue weighted by molar-refractivity contribution is -0.145. The number of carbonyl (C=O) groups excluding carboxylic acids is 1. The van der Waals surface area contributed by atoms with E-state index < -0.39 is 12.1 Å². The maximum Gasteiger partial charge on any atom is 0.333 e. The van der Waals surface area contributed by atoms with Crippen LogP contribution in [0.4, 0.5) is 0 Å². The van der Waals surface area contributed by atoms with E-state index in [4.69, 9.17) is 14.9 Å².